The second-order valence-electron chi connectivity index (χ2n) is 3.92. The third-order valence-corrected chi connectivity index (χ3v) is 2.71. The molecule has 2 rings (SSSR count). The first-order valence-corrected chi connectivity index (χ1v) is 5.82. The minimum atomic E-state index is 0.231. The van der Waals surface area contributed by atoms with Gasteiger partial charge in [-0.2, -0.15) is 5.26 Å². The topological polar surface area (TPSA) is 54.5 Å². The maximum Gasteiger partial charge on any atom is 0.252 e. The highest BCUT2D eigenvalue weighted by Crippen LogP contribution is 2.09. The van der Waals surface area contributed by atoms with Crippen LogP contribution >= 0.6 is 0 Å². The molecule has 1 aromatic heterocycles. The van der Waals surface area contributed by atoms with E-state index < -0.39 is 0 Å². The fourth-order valence-corrected chi connectivity index (χ4v) is 1.74. The van der Waals surface area contributed by atoms with Gasteiger partial charge in [-0.1, -0.05) is 43.8 Å². The van der Waals surface area contributed by atoms with Crippen molar-refractivity contribution in [1.82, 2.24) is 14.8 Å². The molecule has 18 heavy (non-hydrogen) atoms. The smallest absolute Gasteiger partial charge is 0.244 e. The number of aryl methyl sites for hydroxylation is 1. The zero-order chi connectivity index (χ0) is 13.0. The summed E-state index contributed by atoms with van der Waals surface area (Å²) in [7, 11) is 0. The Labute approximate surface area is 106 Å². The van der Waals surface area contributed by atoms with E-state index >= 15 is 0 Å². The first kappa shape index (κ1) is 12.1. The van der Waals surface area contributed by atoms with E-state index in [2.05, 4.69) is 16.7 Å². The van der Waals surface area contributed by atoms with E-state index in [-0.39, 0.29) is 5.82 Å². The lowest BCUT2D eigenvalue weighted by molar-refractivity contribution is 0.642. The van der Waals surface area contributed by atoms with Gasteiger partial charge in [-0.15, -0.1) is 5.10 Å². The molecule has 1 aromatic carbocycles. The van der Waals surface area contributed by atoms with E-state index in [1.807, 2.05) is 43.3 Å². The van der Waals surface area contributed by atoms with E-state index in [4.69, 9.17) is 5.26 Å². The fraction of sp³-hybridized carbons (Fsp3) is 0.214. The highest BCUT2D eigenvalue weighted by atomic mass is 15.3. The Kier molecular flexibility index (Phi) is 3.54. The number of rotatable bonds is 4. The average Bonchev–Trinajstić information content (AvgIpc) is 2.82. The van der Waals surface area contributed by atoms with Crippen molar-refractivity contribution in [2.75, 3.05) is 0 Å². The van der Waals surface area contributed by atoms with Gasteiger partial charge < -0.3 is 0 Å². The molecule has 0 fully saturated rings. The molecule has 4 heteroatoms. The Hall–Kier alpha value is -2.41. The van der Waals surface area contributed by atoms with Gasteiger partial charge in [0, 0.05) is 6.42 Å². The van der Waals surface area contributed by atoms with Crippen LogP contribution in [0, 0.1) is 11.3 Å². The van der Waals surface area contributed by atoms with E-state index in [1.54, 1.807) is 4.68 Å². The molecule has 0 saturated carbocycles. The Morgan fingerprint density at radius 3 is 2.67 bits per heavy atom. The molecule has 90 valence electrons. The molecule has 0 amide bonds. The quantitative estimate of drug-likeness (QED) is 0.821. The molecule has 1 heterocycles. The molecule has 0 N–H and O–H groups in total. The van der Waals surface area contributed by atoms with Crippen molar-refractivity contribution in [3.63, 3.8) is 0 Å². The van der Waals surface area contributed by atoms with Crippen LogP contribution in [0.1, 0.15) is 29.7 Å². The summed E-state index contributed by atoms with van der Waals surface area (Å²) in [5, 5.41) is 13.0. The normalized spacial score (nSPS) is 10.0. The van der Waals surface area contributed by atoms with Crippen LogP contribution in [0.2, 0.25) is 0 Å². The summed E-state index contributed by atoms with van der Waals surface area (Å²) < 4.78 is 1.78. The van der Waals surface area contributed by atoms with Crippen LogP contribution in [0.15, 0.2) is 30.8 Å². The van der Waals surface area contributed by atoms with Crippen LogP contribution in [0.5, 0.6) is 0 Å². The number of hydrogen-bond donors (Lipinski definition) is 0. The lowest BCUT2D eigenvalue weighted by atomic mass is 10.1. The summed E-state index contributed by atoms with van der Waals surface area (Å²) >= 11 is 0. The van der Waals surface area contributed by atoms with E-state index in [1.165, 1.54) is 0 Å². The highest BCUT2D eigenvalue weighted by molar-refractivity contribution is 5.47. The van der Waals surface area contributed by atoms with Gasteiger partial charge in [0.1, 0.15) is 11.9 Å². The predicted molar refractivity (Wildman–Crippen MR) is 69.8 cm³/mol. The largest absolute Gasteiger partial charge is 0.252 e. The Morgan fingerprint density at radius 2 is 2.11 bits per heavy atom. The van der Waals surface area contributed by atoms with Crippen LogP contribution in [-0.4, -0.2) is 14.8 Å². The van der Waals surface area contributed by atoms with Crippen LogP contribution in [0.25, 0.3) is 6.08 Å². The summed E-state index contributed by atoms with van der Waals surface area (Å²) in [5.74, 6) is 1.06. The third-order valence-electron chi connectivity index (χ3n) is 2.71. The standard InChI is InChI=1S/C14H14N4/c1-3-11-5-7-12(8-6-11)10-18-14(4-2)16-13(9-15)17-18/h3,5-8H,1,4,10H2,2H3. The second kappa shape index (κ2) is 5.28. The van der Waals surface area contributed by atoms with Crippen molar-refractivity contribution < 1.29 is 0 Å². The first-order valence-electron chi connectivity index (χ1n) is 5.82. The molecule has 0 saturated heterocycles. The molecule has 0 bridgehead atoms. The monoisotopic (exact) mass is 238 g/mol. The lowest BCUT2D eigenvalue weighted by Gasteiger charge is -2.04. The van der Waals surface area contributed by atoms with Crippen LogP contribution < -0.4 is 0 Å². The van der Waals surface area contributed by atoms with E-state index in [0.29, 0.717) is 6.54 Å². The Balaban J connectivity index is 2.24. The van der Waals surface area contributed by atoms with Gasteiger partial charge in [0.15, 0.2) is 0 Å². The van der Waals surface area contributed by atoms with E-state index in [9.17, 15) is 0 Å². The maximum absolute atomic E-state index is 8.81. The highest BCUT2D eigenvalue weighted by Gasteiger charge is 2.07. The van der Waals surface area contributed by atoms with Crippen LogP contribution in [0.4, 0.5) is 0 Å². The molecule has 4 nitrogen and oxygen atoms in total. The van der Waals surface area contributed by atoms with Gasteiger partial charge in [0.05, 0.1) is 6.54 Å². The SMILES string of the molecule is C=Cc1ccc(Cn2nc(C#N)nc2CC)cc1. The molecule has 0 unspecified atom stereocenters. The minimum absolute atomic E-state index is 0.231. The van der Waals surface area contributed by atoms with Crippen molar-refractivity contribution in [2.45, 2.75) is 19.9 Å². The molecular weight excluding hydrogens is 224 g/mol. The Morgan fingerprint density at radius 1 is 1.39 bits per heavy atom. The molecule has 0 aliphatic heterocycles. The predicted octanol–water partition coefficient (Wildman–Crippen LogP) is 2.40. The molecule has 0 aliphatic rings. The first-order chi connectivity index (χ1) is 8.76. The maximum atomic E-state index is 8.81. The van der Waals surface area contributed by atoms with Gasteiger partial charge in [0.25, 0.3) is 5.82 Å². The second-order valence-corrected chi connectivity index (χ2v) is 3.92. The van der Waals surface area contributed by atoms with Crippen molar-refractivity contribution in [1.29, 1.82) is 5.26 Å². The summed E-state index contributed by atoms with van der Waals surface area (Å²) in [6, 6.07) is 10.1. The van der Waals surface area contributed by atoms with Gasteiger partial charge in [-0.3, -0.25) is 0 Å². The zero-order valence-electron chi connectivity index (χ0n) is 10.3. The number of benzene rings is 1. The summed E-state index contributed by atoms with van der Waals surface area (Å²) in [5.41, 5.74) is 2.22. The lowest BCUT2D eigenvalue weighted by Crippen LogP contribution is -2.06. The van der Waals surface area contributed by atoms with Crippen molar-refractivity contribution >= 4 is 6.08 Å². The summed E-state index contributed by atoms with van der Waals surface area (Å²) in [4.78, 5) is 4.15. The minimum Gasteiger partial charge on any atom is -0.244 e. The fourth-order valence-electron chi connectivity index (χ4n) is 1.74. The molecule has 0 spiro atoms. The molecule has 0 aliphatic carbocycles. The number of nitrogens with zero attached hydrogens (tertiary/aromatic N) is 4. The van der Waals surface area contributed by atoms with Gasteiger partial charge in [0.2, 0.25) is 0 Å². The number of nitriles is 1. The van der Waals surface area contributed by atoms with Crippen LogP contribution in [-0.2, 0) is 13.0 Å². The van der Waals surface area contributed by atoms with Crippen molar-refractivity contribution in [3.05, 3.63) is 53.6 Å². The average molecular weight is 238 g/mol. The molecular formula is C14H14N4. The third kappa shape index (κ3) is 2.46. The van der Waals surface area contributed by atoms with E-state index in [0.717, 1.165) is 23.4 Å². The van der Waals surface area contributed by atoms with Crippen molar-refractivity contribution in [3.8, 4) is 6.07 Å². The Bertz CT molecular complexity index is 587. The number of hydrogen-bond acceptors (Lipinski definition) is 3. The van der Waals surface area contributed by atoms with Crippen LogP contribution in [0.3, 0.4) is 0 Å². The molecule has 2 aromatic rings. The molecule has 0 atom stereocenters. The zero-order valence-corrected chi connectivity index (χ0v) is 10.3. The van der Waals surface area contributed by atoms with Gasteiger partial charge >= 0.3 is 0 Å². The van der Waals surface area contributed by atoms with Crippen molar-refractivity contribution in [2.24, 2.45) is 0 Å². The summed E-state index contributed by atoms with van der Waals surface area (Å²) in [6.07, 6.45) is 2.57. The van der Waals surface area contributed by atoms with Gasteiger partial charge in [-0.05, 0) is 11.1 Å². The summed E-state index contributed by atoms with van der Waals surface area (Å²) in [6.45, 7) is 6.36. The van der Waals surface area contributed by atoms with Gasteiger partial charge in [-0.25, -0.2) is 9.67 Å². The number of aromatic nitrogens is 3. The molecule has 0 radical (unpaired) electrons.